The summed E-state index contributed by atoms with van der Waals surface area (Å²) in [5, 5.41) is 3.00. The smallest absolute Gasteiger partial charge is 0.408 e. The van der Waals surface area contributed by atoms with Gasteiger partial charge in [0.1, 0.15) is 5.82 Å². The highest BCUT2D eigenvalue weighted by atomic mass is 19.1. The van der Waals surface area contributed by atoms with Crippen LogP contribution in [0.15, 0.2) is 18.2 Å². The second-order valence-corrected chi connectivity index (χ2v) is 11.6. The highest BCUT2D eigenvalue weighted by Crippen LogP contribution is 2.42. The lowest BCUT2D eigenvalue weighted by Gasteiger charge is -2.34. The molecule has 204 valence electrons. The van der Waals surface area contributed by atoms with Crippen molar-refractivity contribution in [3.05, 3.63) is 29.6 Å². The molecule has 1 aromatic carbocycles. The number of fused-ring (bicyclic) bond motifs is 1. The third-order valence-corrected chi connectivity index (χ3v) is 8.44. The summed E-state index contributed by atoms with van der Waals surface area (Å²) in [7, 11) is 0. The number of nitrogens with one attached hydrogen (secondary N) is 1. The minimum atomic E-state index is -0.795. The van der Waals surface area contributed by atoms with Crippen molar-refractivity contribution in [2.45, 2.75) is 76.0 Å². The van der Waals surface area contributed by atoms with Gasteiger partial charge in [0.25, 0.3) is 5.91 Å². The molecule has 9 heteroatoms. The Morgan fingerprint density at radius 3 is 2.65 bits per heavy atom. The molecule has 2 saturated heterocycles. The molecule has 1 N–H and O–H groups in total. The Hall–Kier alpha value is -2.39. The fraction of sp³-hybridized carbons (Fsp3) is 0.714. The van der Waals surface area contributed by atoms with Crippen molar-refractivity contribution in [2.24, 2.45) is 5.92 Å². The number of alkyl carbamates (subject to hydrolysis) is 1. The van der Waals surface area contributed by atoms with E-state index in [1.54, 1.807) is 11.0 Å². The van der Waals surface area contributed by atoms with Crippen molar-refractivity contribution in [2.75, 3.05) is 51.0 Å². The zero-order valence-corrected chi connectivity index (χ0v) is 22.0. The minimum absolute atomic E-state index is 0.106. The maximum atomic E-state index is 14.0. The number of nitrogens with zero attached hydrogens (tertiary/aromatic N) is 2. The van der Waals surface area contributed by atoms with Gasteiger partial charge in [0, 0.05) is 30.7 Å². The van der Waals surface area contributed by atoms with Crippen LogP contribution in [-0.2, 0) is 24.4 Å². The number of amides is 2. The van der Waals surface area contributed by atoms with E-state index in [1.165, 1.54) is 12.5 Å². The highest BCUT2D eigenvalue weighted by Gasteiger charge is 2.44. The predicted octanol–water partition coefficient (Wildman–Crippen LogP) is 3.61. The van der Waals surface area contributed by atoms with Crippen LogP contribution < -0.4 is 10.2 Å². The van der Waals surface area contributed by atoms with Gasteiger partial charge in [0.05, 0.1) is 38.5 Å². The third kappa shape index (κ3) is 5.87. The third-order valence-electron chi connectivity index (χ3n) is 8.44. The van der Waals surface area contributed by atoms with Crippen LogP contribution in [0.1, 0.15) is 57.9 Å². The Bertz CT molecular complexity index is 977. The van der Waals surface area contributed by atoms with Gasteiger partial charge in [-0.05, 0) is 36.1 Å². The van der Waals surface area contributed by atoms with Crippen molar-refractivity contribution in [1.29, 1.82) is 0 Å². The van der Waals surface area contributed by atoms with Crippen molar-refractivity contribution in [3.63, 3.8) is 0 Å². The summed E-state index contributed by atoms with van der Waals surface area (Å²) in [5.41, 5.74) is 1.71. The largest absolute Gasteiger partial charge is 0.436 e. The molecule has 3 aliphatic heterocycles. The van der Waals surface area contributed by atoms with E-state index in [9.17, 15) is 14.0 Å². The Morgan fingerprint density at radius 2 is 1.89 bits per heavy atom. The summed E-state index contributed by atoms with van der Waals surface area (Å²) in [6.45, 7) is 7.78. The fourth-order valence-corrected chi connectivity index (χ4v) is 6.41. The molecular formula is C28H40FN3O5. The molecule has 8 nitrogen and oxygen atoms in total. The molecule has 37 heavy (non-hydrogen) atoms. The highest BCUT2D eigenvalue weighted by molar-refractivity contribution is 5.83. The second kappa shape index (κ2) is 11.2. The molecule has 0 unspecified atom stereocenters. The number of hydrogen-bond acceptors (Lipinski definition) is 6. The van der Waals surface area contributed by atoms with Gasteiger partial charge in [0.2, 0.25) is 0 Å². The number of morpholine rings is 1. The fourth-order valence-electron chi connectivity index (χ4n) is 6.41. The molecule has 1 aromatic rings. The van der Waals surface area contributed by atoms with Crippen LogP contribution in [0.2, 0.25) is 0 Å². The van der Waals surface area contributed by atoms with E-state index >= 15 is 0 Å². The molecule has 4 aliphatic rings. The van der Waals surface area contributed by atoms with Gasteiger partial charge >= 0.3 is 6.09 Å². The molecule has 1 saturated carbocycles. The monoisotopic (exact) mass is 517 g/mol. The number of hydrogen-bond donors (Lipinski definition) is 1. The van der Waals surface area contributed by atoms with Crippen molar-refractivity contribution < 1.29 is 28.2 Å². The molecule has 5 rings (SSSR count). The first-order chi connectivity index (χ1) is 17.8. The SMILES string of the molecule is CC1(C)CN([C@H]2COC[C@@H]2NC(=O)O[C@@H](CC2CCCCC2)C(=O)N2CCOCC2)c2ccc(F)cc21. The average molecular weight is 518 g/mol. The van der Waals surface area contributed by atoms with E-state index < -0.39 is 12.2 Å². The van der Waals surface area contributed by atoms with Crippen molar-refractivity contribution in [3.8, 4) is 0 Å². The van der Waals surface area contributed by atoms with Crippen molar-refractivity contribution >= 4 is 17.7 Å². The number of anilines is 1. The minimum Gasteiger partial charge on any atom is -0.436 e. The number of benzene rings is 1. The number of rotatable bonds is 6. The van der Waals surface area contributed by atoms with Gasteiger partial charge in [-0.3, -0.25) is 4.79 Å². The molecule has 1 aliphatic carbocycles. The lowest BCUT2D eigenvalue weighted by atomic mass is 9.85. The van der Waals surface area contributed by atoms with Crippen LogP contribution in [0.3, 0.4) is 0 Å². The second-order valence-electron chi connectivity index (χ2n) is 11.6. The van der Waals surface area contributed by atoms with Gasteiger partial charge in [-0.25, -0.2) is 9.18 Å². The topological polar surface area (TPSA) is 80.3 Å². The maximum Gasteiger partial charge on any atom is 0.408 e. The summed E-state index contributed by atoms with van der Waals surface area (Å²) < 4.78 is 31.0. The van der Waals surface area contributed by atoms with E-state index in [4.69, 9.17) is 14.2 Å². The van der Waals surface area contributed by atoms with Crippen LogP contribution >= 0.6 is 0 Å². The van der Waals surface area contributed by atoms with Crippen LogP contribution in [0, 0.1) is 11.7 Å². The van der Waals surface area contributed by atoms with Crippen LogP contribution in [0.25, 0.3) is 0 Å². The zero-order chi connectivity index (χ0) is 26.0. The number of halogens is 1. The average Bonchev–Trinajstić information content (AvgIpc) is 3.45. The first kappa shape index (κ1) is 26.2. The summed E-state index contributed by atoms with van der Waals surface area (Å²) in [4.78, 5) is 30.5. The molecule has 0 spiro atoms. The molecule has 3 fully saturated rings. The van der Waals surface area contributed by atoms with Crippen LogP contribution in [0.5, 0.6) is 0 Å². The summed E-state index contributed by atoms with van der Waals surface area (Å²) >= 11 is 0. The van der Waals surface area contributed by atoms with E-state index in [-0.39, 0.29) is 29.2 Å². The quantitative estimate of drug-likeness (QED) is 0.621. The van der Waals surface area contributed by atoms with Gasteiger partial charge in [-0.15, -0.1) is 0 Å². The first-order valence-corrected chi connectivity index (χ1v) is 13.8. The van der Waals surface area contributed by atoms with Gasteiger partial charge < -0.3 is 29.3 Å². The summed E-state index contributed by atoms with van der Waals surface area (Å²) in [5.74, 6) is 0.0202. The lowest BCUT2D eigenvalue weighted by molar-refractivity contribution is -0.145. The van der Waals surface area contributed by atoms with Gasteiger partial charge in [-0.2, -0.15) is 0 Å². The molecule has 3 heterocycles. The molecule has 2 amide bonds. The number of ether oxygens (including phenoxy) is 3. The van der Waals surface area contributed by atoms with Gasteiger partial charge in [-0.1, -0.05) is 46.0 Å². The van der Waals surface area contributed by atoms with Crippen LogP contribution in [-0.4, -0.2) is 81.1 Å². The van der Waals surface area contributed by atoms with E-state index in [0.29, 0.717) is 58.4 Å². The molecule has 0 bridgehead atoms. The lowest BCUT2D eigenvalue weighted by Crippen LogP contribution is -2.53. The van der Waals surface area contributed by atoms with E-state index in [2.05, 4.69) is 24.1 Å². The molecular weight excluding hydrogens is 477 g/mol. The summed E-state index contributed by atoms with van der Waals surface area (Å²) in [6.07, 6.45) is 4.88. The predicted molar refractivity (Wildman–Crippen MR) is 137 cm³/mol. The first-order valence-electron chi connectivity index (χ1n) is 13.8. The Morgan fingerprint density at radius 1 is 1.14 bits per heavy atom. The Kier molecular flexibility index (Phi) is 7.91. The zero-order valence-electron chi connectivity index (χ0n) is 22.0. The Labute approximate surface area is 218 Å². The van der Waals surface area contributed by atoms with Crippen LogP contribution in [0.4, 0.5) is 14.9 Å². The van der Waals surface area contributed by atoms with E-state index in [1.807, 2.05) is 6.07 Å². The standard InChI is InChI=1S/C28H40FN3O5/c1-28(2)18-32(23-9-8-20(29)15-21(23)28)24-17-36-16-22(24)30-27(34)37-25(14-19-6-4-3-5-7-19)26(33)31-10-12-35-13-11-31/h8-9,15,19,22,24-25H,3-7,10-14,16-18H2,1-2H3,(H,30,34)/t22-,24-,25-/m0/s1. The molecule has 0 aromatic heterocycles. The van der Waals surface area contributed by atoms with Crippen molar-refractivity contribution in [1.82, 2.24) is 10.2 Å². The van der Waals surface area contributed by atoms with E-state index in [0.717, 1.165) is 36.9 Å². The number of carbonyl (C=O) groups is 2. The maximum absolute atomic E-state index is 14.0. The number of carbonyl (C=O) groups excluding carboxylic acids is 2. The Balaban J connectivity index is 1.26. The van der Waals surface area contributed by atoms with Gasteiger partial charge in [0.15, 0.2) is 6.10 Å². The molecule has 3 atom stereocenters. The molecule has 0 radical (unpaired) electrons. The normalized spacial score (nSPS) is 26.6. The summed E-state index contributed by atoms with van der Waals surface area (Å²) in [6, 6.07) is 4.49.